The fourth-order valence-electron chi connectivity index (χ4n) is 3.72. The molecule has 0 radical (unpaired) electrons. The molecule has 0 aromatic heterocycles. The summed E-state index contributed by atoms with van der Waals surface area (Å²) in [7, 11) is -3.79. The standard InChI is InChI=1S/C25H34ClN3O4S/c1-5-16-27-25(31)22(6-2)28(17-15-20-11-8-7-9-12-20)24(30)18-29(34(4,32)33)23-14-10-13-21(26)19(23)3/h7-14,22H,5-6,15-18H2,1-4H3,(H,27,31)/t22-/m1/s1. The van der Waals surface area contributed by atoms with E-state index in [0.717, 1.165) is 22.5 Å². The number of nitrogens with one attached hydrogen (secondary N) is 1. The fourth-order valence-corrected chi connectivity index (χ4v) is 4.79. The number of carbonyl (C=O) groups is 2. The third kappa shape index (κ3) is 7.46. The van der Waals surface area contributed by atoms with Crippen molar-refractivity contribution in [1.82, 2.24) is 10.2 Å². The number of halogens is 1. The molecule has 0 bridgehead atoms. The lowest BCUT2D eigenvalue weighted by atomic mass is 10.1. The molecule has 0 spiro atoms. The molecule has 0 saturated heterocycles. The number of hydrogen-bond acceptors (Lipinski definition) is 4. The summed E-state index contributed by atoms with van der Waals surface area (Å²) < 4.78 is 26.4. The maximum absolute atomic E-state index is 13.6. The van der Waals surface area contributed by atoms with Gasteiger partial charge in [0.15, 0.2) is 0 Å². The zero-order valence-electron chi connectivity index (χ0n) is 20.3. The van der Waals surface area contributed by atoms with Crippen molar-refractivity contribution in [2.45, 2.75) is 46.1 Å². The van der Waals surface area contributed by atoms with E-state index in [9.17, 15) is 18.0 Å². The van der Waals surface area contributed by atoms with Gasteiger partial charge in [0.1, 0.15) is 12.6 Å². The Hall–Kier alpha value is -2.58. The lowest BCUT2D eigenvalue weighted by Gasteiger charge is -2.33. The highest BCUT2D eigenvalue weighted by molar-refractivity contribution is 7.92. The summed E-state index contributed by atoms with van der Waals surface area (Å²) in [5.74, 6) is -0.685. The molecule has 2 aromatic carbocycles. The molecule has 1 atom stereocenters. The summed E-state index contributed by atoms with van der Waals surface area (Å²) in [5, 5.41) is 3.27. The van der Waals surface area contributed by atoms with Gasteiger partial charge in [-0.2, -0.15) is 0 Å². The van der Waals surface area contributed by atoms with Crippen LogP contribution >= 0.6 is 11.6 Å². The van der Waals surface area contributed by atoms with Crippen molar-refractivity contribution in [1.29, 1.82) is 0 Å². The summed E-state index contributed by atoms with van der Waals surface area (Å²) >= 11 is 6.22. The quantitative estimate of drug-likeness (QED) is 0.473. The molecular formula is C25H34ClN3O4S. The Labute approximate surface area is 208 Å². The average Bonchev–Trinajstić information content (AvgIpc) is 2.80. The molecule has 0 unspecified atom stereocenters. The fraction of sp³-hybridized carbons (Fsp3) is 0.440. The van der Waals surface area contributed by atoms with Crippen molar-refractivity contribution in [3.63, 3.8) is 0 Å². The highest BCUT2D eigenvalue weighted by Crippen LogP contribution is 2.28. The van der Waals surface area contributed by atoms with E-state index >= 15 is 0 Å². The van der Waals surface area contributed by atoms with Gasteiger partial charge in [-0.15, -0.1) is 0 Å². The number of amides is 2. The van der Waals surface area contributed by atoms with Gasteiger partial charge in [0.05, 0.1) is 11.9 Å². The first-order valence-corrected chi connectivity index (χ1v) is 13.7. The van der Waals surface area contributed by atoms with Gasteiger partial charge in [-0.25, -0.2) is 8.42 Å². The van der Waals surface area contributed by atoms with E-state index in [2.05, 4.69) is 5.32 Å². The topological polar surface area (TPSA) is 86.8 Å². The van der Waals surface area contributed by atoms with Gasteiger partial charge in [0, 0.05) is 18.1 Å². The first-order chi connectivity index (χ1) is 16.1. The SMILES string of the molecule is CCCNC(=O)[C@@H](CC)N(CCc1ccccc1)C(=O)CN(c1cccc(Cl)c1C)S(C)(=O)=O. The van der Waals surface area contributed by atoms with E-state index in [0.29, 0.717) is 35.7 Å². The van der Waals surface area contributed by atoms with Crippen LogP contribution in [0, 0.1) is 6.92 Å². The Kier molecular flexibility index (Phi) is 10.4. The van der Waals surface area contributed by atoms with Crippen LogP contribution < -0.4 is 9.62 Å². The zero-order valence-corrected chi connectivity index (χ0v) is 21.8. The summed E-state index contributed by atoms with van der Waals surface area (Å²) in [6, 6.07) is 13.9. The summed E-state index contributed by atoms with van der Waals surface area (Å²) in [4.78, 5) is 28.0. The number of sulfonamides is 1. The molecule has 34 heavy (non-hydrogen) atoms. The lowest BCUT2D eigenvalue weighted by molar-refractivity contribution is -0.139. The van der Waals surface area contributed by atoms with Crippen molar-refractivity contribution in [2.24, 2.45) is 0 Å². The van der Waals surface area contributed by atoms with Gasteiger partial charge < -0.3 is 10.2 Å². The molecule has 0 heterocycles. The third-order valence-corrected chi connectivity index (χ3v) is 7.14. The molecule has 0 aliphatic carbocycles. The molecule has 0 saturated carbocycles. The molecular weight excluding hydrogens is 474 g/mol. The van der Waals surface area contributed by atoms with Gasteiger partial charge in [0.25, 0.3) is 0 Å². The van der Waals surface area contributed by atoms with Crippen LogP contribution in [0.4, 0.5) is 5.69 Å². The van der Waals surface area contributed by atoms with Gasteiger partial charge >= 0.3 is 0 Å². The second kappa shape index (κ2) is 12.8. The van der Waals surface area contributed by atoms with E-state index in [1.165, 1.54) is 4.90 Å². The molecule has 0 fully saturated rings. The van der Waals surface area contributed by atoms with Crippen LogP contribution in [-0.4, -0.2) is 57.1 Å². The van der Waals surface area contributed by atoms with E-state index in [-0.39, 0.29) is 12.5 Å². The van der Waals surface area contributed by atoms with Crippen LogP contribution in [0.5, 0.6) is 0 Å². The van der Waals surface area contributed by atoms with Gasteiger partial charge in [-0.05, 0) is 49.4 Å². The molecule has 9 heteroatoms. The van der Waals surface area contributed by atoms with Crippen molar-refractivity contribution in [3.05, 3.63) is 64.7 Å². The van der Waals surface area contributed by atoms with Crippen molar-refractivity contribution < 1.29 is 18.0 Å². The molecule has 7 nitrogen and oxygen atoms in total. The first-order valence-electron chi connectivity index (χ1n) is 11.4. The Morgan fingerprint density at radius 1 is 1.06 bits per heavy atom. The van der Waals surface area contributed by atoms with Crippen LogP contribution in [0.2, 0.25) is 5.02 Å². The van der Waals surface area contributed by atoms with E-state index in [1.54, 1.807) is 25.1 Å². The number of benzene rings is 2. The number of carbonyl (C=O) groups excluding carboxylic acids is 2. The Morgan fingerprint density at radius 3 is 2.32 bits per heavy atom. The van der Waals surface area contributed by atoms with Gasteiger partial charge in [0.2, 0.25) is 21.8 Å². The van der Waals surface area contributed by atoms with E-state index < -0.39 is 28.5 Å². The highest BCUT2D eigenvalue weighted by Gasteiger charge is 2.31. The molecule has 2 rings (SSSR count). The molecule has 2 aromatic rings. The molecule has 186 valence electrons. The van der Waals surface area contributed by atoms with Crippen molar-refractivity contribution in [2.75, 3.05) is 30.2 Å². The molecule has 1 N–H and O–H groups in total. The number of hydrogen-bond donors (Lipinski definition) is 1. The third-order valence-electron chi connectivity index (χ3n) is 5.61. The minimum absolute atomic E-state index is 0.240. The monoisotopic (exact) mass is 507 g/mol. The van der Waals surface area contributed by atoms with Crippen LogP contribution in [0.3, 0.4) is 0 Å². The second-order valence-corrected chi connectivity index (χ2v) is 10.5. The average molecular weight is 508 g/mol. The molecule has 0 aliphatic heterocycles. The maximum atomic E-state index is 13.6. The smallest absolute Gasteiger partial charge is 0.244 e. The van der Waals surface area contributed by atoms with Gasteiger partial charge in [-0.3, -0.25) is 13.9 Å². The summed E-state index contributed by atoms with van der Waals surface area (Å²) in [5.41, 5.74) is 1.93. The largest absolute Gasteiger partial charge is 0.354 e. The first kappa shape index (κ1) is 27.7. The summed E-state index contributed by atoms with van der Waals surface area (Å²) in [6.45, 7) is 5.87. The predicted octanol–water partition coefficient (Wildman–Crippen LogP) is 3.79. The minimum Gasteiger partial charge on any atom is -0.354 e. The van der Waals surface area contributed by atoms with Crippen LogP contribution in [0.15, 0.2) is 48.5 Å². The minimum atomic E-state index is -3.79. The van der Waals surface area contributed by atoms with Crippen LogP contribution in [-0.2, 0) is 26.0 Å². The number of rotatable bonds is 12. The number of nitrogens with zero attached hydrogens (tertiary/aromatic N) is 2. The lowest BCUT2D eigenvalue weighted by Crippen LogP contribution is -2.53. The second-order valence-electron chi connectivity index (χ2n) is 8.19. The van der Waals surface area contributed by atoms with Crippen molar-refractivity contribution in [3.8, 4) is 0 Å². The van der Waals surface area contributed by atoms with E-state index in [1.807, 2.05) is 44.2 Å². The Bertz CT molecular complexity index is 1080. The summed E-state index contributed by atoms with van der Waals surface area (Å²) in [6.07, 6.45) is 2.78. The Balaban J connectivity index is 2.38. The highest BCUT2D eigenvalue weighted by atomic mass is 35.5. The van der Waals surface area contributed by atoms with Crippen molar-refractivity contribution >= 4 is 39.1 Å². The zero-order chi connectivity index (χ0) is 25.3. The normalized spacial score (nSPS) is 12.1. The molecule has 0 aliphatic rings. The predicted molar refractivity (Wildman–Crippen MR) is 138 cm³/mol. The number of anilines is 1. The van der Waals surface area contributed by atoms with Crippen LogP contribution in [0.25, 0.3) is 0 Å². The Morgan fingerprint density at radius 2 is 1.74 bits per heavy atom. The van der Waals surface area contributed by atoms with Crippen LogP contribution in [0.1, 0.15) is 37.8 Å². The maximum Gasteiger partial charge on any atom is 0.244 e. The molecule has 2 amide bonds. The van der Waals surface area contributed by atoms with Gasteiger partial charge in [-0.1, -0.05) is 61.8 Å². The van der Waals surface area contributed by atoms with E-state index in [4.69, 9.17) is 11.6 Å².